The van der Waals surface area contributed by atoms with Crippen LogP contribution >= 0.6 is 7.82 Å². The second-order valence-corrected chi connectivity index (χ2v) is 18.0. The Bertz CT molecular complexity index is 1440. The third kappa shape index (κ3) is 42.5. The molecular formula is C50H84NO11P. The van der Waals surface area contributed by atoms with Crippen molar-refractivity contribution < 1.29 is 57.4 Å². The number of phosphoric ester groups is 1. The zero-order valence-corrected chi connectivity index (χ0v) is 40.2. The van der Waals surface area contributed by atoms with E-state index < -0.39 is 57.4 Å². The largest absolute Gasteiger partial charge is 0.756 e. The fourth-order valence-electron chi connectivity index (χ4n) is 5.61. The summed E-state index contributed by atoms with van der Waals surface area (Å²) in [5, 5.41) is 30.5. The molecule has 0 amide bonds. The monoisotopic (exact) mass is 906 g/mol. The molecular weight excluding hydrogens is 822 g/mol. The van der Waals surface area contributed by atoms with Crippen molar-refractivity contribution in [1.29, 1.82) is 0 Å². The number of esters is 2. The van der Waals surface area contributed by atoms with Crippen molar-refractivity contribution in [3.8, 4) is 0 Å². The highest BCUT2D eigenvalue weighted by molar-refractivity contribution is 7.45. The number of quaternary nitrogens is 1. The molecule has 12 nitrogen and oxygen atoms in total. The highest BCUT2D eigenvalue weighted by atomic mass is 31.2. The molecule has 0 spiro atoms. The lowest BCUT2D eigenvalue weighted by Crippen LogP contribution is -2.37. The van der Waals surface area contributed by atoms with E-state index in [4.69, 9.17) is 18.5 Å². The van der Waals surface area contributed by atoms with E-state index in [0.29, 0.717) is 17.4 Å². The van der Waals surface area contributed by atoms with Crippen LogP contribution in [-0.4, -0.2) is 104 Å². The number of nitrogens with zero attached hydrogens (tertiary/aromatic N) is 1. The molecule has 3 N–H and O–H groups in total. The van der Waals surface area contributed by atoms with E-state index in [2.05, 4.69) is 62.5 Å². The van der Waals surface area contributed by atoms with E-state index in [9.17, 15) is 34.4 Å². The molecule has 0 aromatic heterocycles. The average Bonchev–Trinajstić information content (AvgIpc) is 3.23. The van der Waals surface area contributed by atoms with Gasteiger partial charge < -0.3 is 43.2 Å². The van der Waals surface area contributed by atoms with Gasteiger partial charge >= 0.3 is 11.9 Å². The molecule has 0 radical (unpaired) electrons. The SMILES string of the molecule is CCCCC/C=C\C/C=C\C/C=C\C/C=C\CCCCCC(=O)O[C@H](COC(=O)CCC[C@@H](O)[C@H](O)/C=C/C=C/C=C\C=C\[C@H](O)CCCCC)COP(=O)([O-])OCC[N+](C)(C)C. The van der Waals surface area contributed by atoms with Gasteiger partial charge in [0.2, 0.25) is 0 Å². The van der Waals surface area contributed by atoms with Gasteiger partial charge in [-0.15, -0.1) is 0 Å². The van der Waals surface area contributed by atoms with Gasteiger partial charge in [-0.2, -0.15) is 0 Å². The van der Waals surface area contributed by atoms with Crippen LogP contribution in [0, 0.1) is 0 Å². The lowest BCUT2D eigenvalue weighted by molar-refractivity contribution is -0.870. The summed E-state index contributed by atoms with van der Waals surface area (Å²) in [5.74, 6) is -1.21. The third-order valence-corrected chi connectivity index (χ3v) is 10.4. The molecule has 13 heteroatoms. The van der Waals surface area contributed by atoms with Crippen LogP contribution in [0.3, 0.4) is 0 Å². The number of hydrogen-bond acceptors (Lipinski definition) is 11. The highest BCUT2D eigenvalue weighted by Crippen LogP contribution is 2.38. The quantitative estimate of drug-likeness (QED) is 0.0134. The van der Waals surface area contributed by atoms with Crippen molar-refractivity contribution in [2.75, 3.05) is 47.5 Å². The number of carbonyl (C=O) groups excluding carboxylic acids is 2. The van der Waals surface area contributed by atoms with E-state index in [1.165, 1.54) is 25.3 Å². The number of aliphatic hydroxyl groups excluding tert-OH is 3. The maximum Gasteiger partial charge on any atom is 0.306 e. The van der Waals surface area contributed by atoms with Gasteiger partial charge in [-0.05, 0) is 70.6 Å². The molecule has 0 bridgehead atoms. The third-order valence-electron chi connectivity index (χ3n) is 9.44. The van der Waals surface area contributed by atoms with Crippen molar-refractivity contribution in [3.63, 3.8) is 0 Å². The number of unbranched alkanes of at least 4 members (excludes halogenated alkanes) is 8. The normalized spacial score (nSPS) is 15.9. The Morgan fingerprint density at radius 1 is 0.619 bits per heavy atom. The smallest absolute Gasteiger partial charge is 0.306 e. The first-order chi connectivity index (χ1) is 30.2. The minimum absolute atomic E-state index is 0.0891. The number of aliphatic hydroxyl groups is 3. The first kappa shape index (κ1) is 59.8. The predicted octanol–water partition coefficient (Wildman–Crippen LogP) is 9.63. The van der Waals surface area contributed by atoms with Crippen LogP contribution in [0.2, 0.25) is 0 Å². The molecule has 0 rings (SSSR count). The molecule has 0 aliphatic carbocycles. The van der Waals surface area contributed by atoms with Crippen LogP contribution < -0.4 is 4.89 Å². The predicted molar refractivity (Wildman–Crippen MR) is 253 cm³/mol. The minimum Gasteiger partial charge on any atom is -0.756 e. The summed E-state index contributed by atoms with van der Waals surface area (Å²) < 4.78 is 33.6. The molecule has 63 heavy (non-hydrogen) atoms. The Hall–Kier alpha value is -3.19. The molecule has 0 saturated carbocycles. The Labute approximate surface area is 381 Å². The number of phosphoric acid groups is 1. The van der Waals surface area contributed by atoms with Crippen molar-refractivity contribution in [2.45, 2.75) is 160 Å². The average molecular weight is 906 g/mol. The fourth-order valence-corrected chi connectivity index (χ4v) is 6.34. The summed E-state index contributed by atoms with van der Waals surface area (Å²) in [5.41, 5.74) is 0. The topological polar surface area (TPSA) is 172 Å². The van der Waals surface area contributed by atoms with Crippen molar-refractivity contribution in [1.82, 2.24) is 0 Å². The second-order valence-electron chi connectivity index (χ2n) is 16.6. The molecule has 1 unspecified atom stereocenters. The van der Waals surface area contributed by atoms with Gasteiger partial charge in [0.1, 0.15) is 19.8 Å². The Balaban J connectivity index is 4.72. The standard InChI is InChI=1S/C50H84NO11P/c1-6-8-10-11-12-13-14-15-16-17-18-19-20-21-22-23-24-29-33-39-50(56)62-46(44-61-63(57,58)60-42-41-51(3,4)5)43-59-49(55)40-34-38-48(54)47(53)37-32-28-26-25-27-31-36-45(52)35-30-9-7-2/h12-13,15-16,18-19,21-22,25-28,31-32,36-37,45-48,52-54H,6-11,14,17,20,23-24,29-30,33-35,38-44H2,1-5H3/b13-12-,16-15-,19-18-,22-21-,27-25-,28-26+,36-31+,37-32+/t45-,46-,47-,48-/m1/s1. The summed E-state index contributed by atoms with van der Waals surface area (Å²) in [6, 6.07) is 0. The van der Waals surface area contributed by atoms with E-state index in [1.54, 1.807) is 42.5 Å². The number of hydrogen-bond donors (Lipinski definition) is 3. The number of ether oxygens (including phenoxy) is 2. The molecule has 0 aromatic rings. The Morgan fingerprint density at radius 2 is 1.16 bits per heavy atom. The maximum absolute atomic E-state index is 12.7. The lowest BCUT2D eigenvalue weighted by atomic mass is 10.1. The zero-order chi connectivity index (χ0) is 46.9. The van der Waals surface area contributed by atoms with Crippen molar-refractivity contribution >= 4 is 19.8 Å². The second kappa shape index (κ2) is 40.3. The number of allylic oxidation sites excluding steroid dienone is 14. The number of rotatable bonds is 40. The van der Waals surface area contributed by atoms with Crippen LogP contribution in [-0.2, 0) is 32.7 Å². The van der Waals surface area contributed by atoms with E-state index in [0.717, 1.165) is 70.6 Å². The summed E-state index contributed by atoms with van der Waals surface area (Å²) in [6.45, 7) is 3.63. The van der Waals surface area contributed by atoms with Crippen LogP contribution in [0.4, 0.5) is 0 Å². The summed E-state index contributed by atoms with van der Waals surface area (Å²) >= 11 is 0. The van der Waals surface area contributed by atoms with Gasteiger partial charge in [0.15, 0.2) is 6.10 Å². The zero-order valence-electron chi connectivity index (χ0n) is 39.3. The van der Waals surface area contributed by atoms with Gasteiger partial charge in [0, 0.05) is 12.8 Å². The van der Waals surface area contributed by atoms with E-state index in [1.807, 2.05) is 21.1 Å². The van der Waals surface area contributed by atoms with Gasteiger partial charge in [-0.25, -0.2) is 0 Å². The maximum atomic E-state index is 12.7. The van der Waals surface area contributed by atoms with E-state index >= 15 is 0 Å². The molecule has 5 atom stereocenters. The van der Waals surface area contributed by atoms with Crippen molar-refractivity contribution in [2.24, 2.45) is 0 Å². The van der Waals surface area contributed by atoms with Crippen molar-refractivity contribution in [3.05, 3.63) is 97.2 Å². The lowest BCUT2D eigenvalue weighted by Gasteiger charge is -2.28. The Morgan fingerprint density at radius 3 is 1.76 bits per heavy atom. The summed E-state index contributed by atoms with van der Waals surface area (Å²) in [7, 11) is 0.936. The molecule has 0 aromatic carbocycles. The molecule has 0 heterocycles. The first-order valence-electron chi connectivity index (χ1n) is 23.3. The number of likely N-dealkylation sites (N-methyl/N-ethyl adjacent to an activating group) is 1. The number of carbonyl (C=O) groups is 2. The molecule has 0 aliphatic heterocycles. The van der Waals surface area contributed by atoms with Crippen LogP contribution in [0.15, 0.2) is 97.2 Å². The van der Waals surface area contributed by atoms with Gasteiger partial charge in [-0.3, -0.25) is 14.2 Å². The molecule has 0 aliphatic rings. The highest BCUT2D eigenvalue weighted by Gasteiger charge is 2.22. The van der Waals surface area contributed by atoms with Crippen LogP contribution in [0.1, 0.15) is 136 Å². The first-order valence-corrected chi connectivity index (χ1v) is 24.7. The Kier molecular flexibility index (Phi) is 38.3. The van der Waals surface area contributed by atoms with Gasteiger partial charge in [0.25, 0.3) is 7.82 Å². The van der Waals surface area contributed by atoms with Gasteiger partial charge in [-0.1, -0.05) is 150 Å². The molecule has 0 saturated heterocycles. The van der Waals surface area contributed by atoms with Gasteiger partial charge in [0.05, 0.1) is 46.1 Å². The van der Waals surface area contributed by atoms with Crippen LogP contribution in [0.5, 0.6) is 0 Å². The fraction of sp³-hybridized carbons (Fsp3) is 0.640. The minimum atomic E-state index is -4.73. The van der Waals surface area contributed by atoms with Crippen LogP contribution in [0.25, 0.3) is 0 Å². The molecule has 0 fully saturated rings. The summed E-state index contributed by atoms with van der Waals surface area (Å²) in [6.07, 6.45) is 42.3. The molecule has 360 valence electrons. The van der Waals surface area contributed by atoms with E-state index in [-0.39, 0.29) is 32.3 Å². The summed E-state index contributed by atoms with van der Waals surface area (Å²) in [4.78, 5) is 37.7.